The summed E-state index contributed by atoms with van der Waals surface area (Å²) in [5.41, 5.74) is 0.927. The van der Waals surface area contributed by atoms with E-state index in [1.807, 2.05) is 12.1 Å². The summed E-state index contributed by atoms with van der Waals surface area (Å²) < 4.78 is 5.76. The second-order valence-electron chi connectivity index (χ2n) is 6.73. The van der Waals surface area contributed by atoms with Crippen LogP contribution in [-0.4, -0.2) is 30.8 Å². The fourth-order valence-corrected chi connectivity index (χ4v) is 3.21. The predicted octanol–water partition coefficient (Wildman–Crippen LogP) is 3.62. The monoisotopic (exact) mass is 339 g/mol. The zero-order chi connectivity index (χ0) is 16.8. The summed E-state index contributed by atoms with van der Waals surface area (Å²) in [6, 6.07) is 5.55. The smallest absolute Gasteiger partial charge is 0.307 e. The van der Waals surface area contributed by atoms with Gasteiger partial charge in [0.15, 0.2) is 0 Å². The van der Waals surface area contributed by atoms with Crippen LogP contribution in [0.3, 0.4) is 0 Å². The lowest BCUT2D eigenvalue weighted by Gasteiger charge is -2.19. The van der Waals surface area contributed by atoms with E-state index in [0.29, 0.717) is 24.0 Å². The number of carbonyl (C=O) groups is 1. The summed E-state index contributed by atoms with van der Waals surface area (Å²) in [6.07, 6.45) is 2.38. The van der Waals surface area contributed by atoms with Crippen molar-refractivity contribution in [3.05, 3.63) is 28.8 Å². The second-order valence-corrected chi connectivity index (χ2v) is 7.16. The first-order valence-electron chi connectivity index (χ1n) is 8.31. The molecule has 0 spiro atoms. The van der Waals surface area contributed by atoms with E-state index in [1.54, 1.807) is 6.07 Å². The van der Waals surface area contributed by atoms with E-state index in [9.17, 15) is 9.90 Å². The normalized spacial score (nSPS) is 19.0. The summed E-state index contributed by atoms with van der Waals surface area (Å²) in [6.45, 7) is 6.62. The fraction of sp³-hybridized carbons (Fsp3) is 0.611. The molecule has 0 radical (unpaired) electrons. The van der Waals surface area contributed by atoms with Gasteiger partial charge < -0.3 is 15.2 Å². The maximum Gasteiger partial charge on any atom is 0.307 e. The minimum atomic E-state index is -0.735. The third-order valence-electron chi connectivity index (χ3n) is 4.34. The lowest BCUT2D eigenvalue weighted by Crippen LogP contribution is -2.27. The minimum absolute atomic E-state index is 0.178. The zero-order valence-electron chi connectivity index (χ0n) is 13.8. The molecule has 128 valence electrons. The molecule has 4 nitrogen and oxygen atoms in total. The summed E-state index contributed by atoms with van der Waals surface area (Å²) in [5.74, 6) is 0.367. The molecule has 2 rings (SSSR count). The van der Waals surface area contributed by atoms with E-state index in [-0.39, 0.29) is 11.8 Å². The van der Waals surface area contributed by atoms with Crippen LogP contribution in [0.25, 0.3) is 0 Å². The molecule has 5 heteroatoms. The van der Waals surface area contributed by atoms with Gasteiger partial charge in [0.25, 0.3) is 0 Å². The van der Waals surface area contributed by atoms with Crippen LogP contribution in [-0.2, 0) is 11.2 Å². The Morgan fingerprint density at radius 1 is 1.43 bits per heavy atom. The Bertz CT molecular complexity index is 527. The standard InChI is InChI=1S/C18H26ClNO3/c1-12(2)4-6-23-16-8-13(7-15(19)10-16)9-17(18(21)22)14-3-5-20-11-14/h7-8,10,12,14,17,20H,3-6,9,11H2,1-2H3,(H,21,22)/t14-,17-/m0/s1. The molecule has 0 saturated carbocycles. The van der Waals surface area contributed by atoms with Crippen LogP contribution >= 0.6 is 11.6 Å². The van der Waals surface area contributed by atoms with Crippen LogP contribution < -0.4 is 10.1 Å². The van der Waals surface area contributed by atoms with E-state index in [2.05, 4.69) is 19.2 Å². The minimum Gasteiger partial charge on any atom is -0.494 e. The van der Waals surface area contributed by atoms with Crippen molar-refractivity contribution in [1.29, 1.82) is 0 Å². The molecule has 0 amide bonds. The number of nitrogens with one attached hydrogen (secondary N) is 1. The van der Waals surface area contributed by atoms with E-state index in [1.165, 1.54) is 0 Å². The molecule has 0 unspecified atom stereocenters. The molecule has 1 fully saturated rings. The number of hydrogen-bond acceptors (Lipinski definition) is 3. The molecule has 0 aliphatic carbocycles. The van der Waals surface area contributed by atoms with Crippen molar-refractivity contribution in [1.82, 2.24) is 5.32 Å². The van der Waals surface area contributed by atoms with Gasteiger partial charge in [-0.3, -0.25) is 4.79 Å². The number of carboxylic acid groups (broad SMARTS) is 1. The fourth-order valence-electron chi connectivity index (χ4n) is 2.96. The molecule has 0 aromatic heterocycles. The van der Waals surface area contributed by atoms with Gasteiger partial charge in [0, 0.05) is 5.02 Å². The van der Waals surface area contributed by atoms with Crippen molar-refractivity contribution < 1.29 is 14.6 Å². The molecule has 1 aromatic rings. The number of aliphatic carboxylic acids is 1. The highest BCUT2D eigenvalue weighted by atomic mass is 35.5. The van der Waals surface area contributed by atoms with Crippen LogP contribution in [0.5, 0.6) is 5.75 Å². The Morgan fingerprint density at radius 2 is 2.22 bits per heavy atom. The summed E-state index contributed by atoms with van der Waals surface area (Å²) >= 11 is 6.17. The van der Waals surface area contributed by atoms with Gasteiger partial charge in [0.1, 0.15) is 5.75 Å². The van der Waals surface area contributed by atoms with E-state index in [4.69, 9.17) is 16.3 Å². The van der Waals surface area contributed by atoms with Gasteiger partial charge in [0.05, 0.1) is 12.5 Å². The number of carboxylic acids is 1. The molecule has 1 aromatic carbocycles. The van der Waals surface area contributed by atoms with Gasteiger partial charge in [-0.05, 0) is 68.0 Å². The maximum atomic E-state index is 11.6. The largest absolute Gasteiger partial charge is 0.494 e. The van der Waals surface area contributed by atoms with Crippen molar-refractivity contribution in [2.24, 2.45) is 17.8 Å². The number of rotatable bonds is 8. The van der Waals surface area contributed by atoms with E-state index < -0.39 is 5.97 Å². The quantitative estimate of drug-likeness (QED) is 0.759. The summed E-state index contributed by atoms with van der Waals surface area (Å²) in [4.78, 5) is 11.6. The van der Waals surface area contributed by atoms with Crippen LogP contribution in [0.1, 0.15) is 32.3 Å². The van der Waals surface area contributed by atoms with E-state index in [0.717, 1.165) is 37.2 Å². The molecule has 23 heavy (non-hydrogen) atoms. The molecular weight excluding hydrogens is 314 g/mol. The summed E-state index contributed by atoms with van der Waals surface area (Å²) in [7, 11) is 0. The highest BCUT2D eigenvalue weighted by molar-refractivity contribution is 6.30. The topological polar surface area (TPSA) is 58.6 Å². The van der Waals surface area contributed by atoms with Crippen LogP contribution in [0.2, 0.25) is 5.02 Å². The van der Waals surface area contributed by atoms with Crippen molar-refractivity contribution in [2.45, 2.75) is 33.1 Å². The number of hydrogen-bond donors (Lipinski definition) is 2. The molecule has 1 aliphatic rings. The van der Waals surface area contributed by atoms with Gasteiger partial charge in [-0.2, -0.15) is 0 Å². The Labute approximate surface area is 143 Å². The lowest BCUT2D eigenvalue weighted by molar-refractivity contribution is -0.143. The van der Waals surface area contributed by atoms with Gasteiger partial charge in [-0.15, -0.1) is 0 Å². The Hall–Kier alpha value is -1.26. The van der Waals surface area contributed by atoms with Gasteiger partial charge >= 0.3 is 5.97 Å². The van der Waals surface area contributed by atoms with Crippen LogP contribution in [0.4, 0.5) is 0 Å². The average Bonchev–Trinajstić information content (AvgIpc) is 2.97. The molecule has 2 N–H and O–H groups in total. The van der Waals surface area contributed by atoms with Crippen molar-refractivity contribution >= 4 is 17.6 Å². The second kappa shape index (κ2) is 8.55. The number of benzene rings is 1. The maximum absolute atomic E-state index is 11.6. The van der Waals surface area contributed by atoms with Crippen LogP contribution in [0, 0.1) is 17.8 Å². The van der Waals surface area contributed by atoms with E-state index >= 15 is 0 Å². The number of ether oxygens (including phenoxy) is 1. The molecule has 2 atom stereocenters. The average molecular weight is 340 g/mol. The van der Waals surface area contributed by atoms with Gasteiger partial charge in [0.2, 0.25) is 0 Å². The number of halogens is 1. The Morgan fingerprint density at radius 3 is 2.83 bits per heavy atom. The highest BCUT2D eigenvalue weighted by Gasteiger charge is 2.30. The third kappa shape index (κ3) is 5.70. The highest BCUT2D eigenvalue weighted by Crippen LogP contribution is 2.28. The van der Waals surface area contributed by atoms with Crippen molar-refractivity contribution in [3.8, 4) is 5.75 Å². The van der Waals surface area contributed by atoms with Crippen molar-refractivity contribution in [2.75, 3.05) is 19.7 Å². The Kier molecular flexibility index (Phi) is 6.72. The molecule has 1 heterocycles. The lowest BCUT2D eigenvalue weighted by atomic mass is 9.86. The SMILES string of the molecule is CC(C)CCOc1cc(Cl)cc(C[C@H](C(=O)O)[C@H]2CCNC2)c1. The van der Waals surface area contributed by atoms with Gasteiger partial charge in [-0.25, -0.2) is 0 Å². The zero-order valence-corrected chi connectivity index (χ0v) is 14.6. The molecule has 1 saturated heterocycles. The summed E-state index contributed by atoms with van der Waals surface area (Å²) in [5, 5.41) is 13.4. The Balaban J connectivity index is 2.05. The first-order chi connectivity index (χ1) is 11.0. The van der Waals surface area contributed by atoms with Crippen LogP contribution in [0.15, 0.2) is 18.2 Å². The van der Waals surface area contributed by atoms with Gasteiger partial charge in [-0.1, -0.05) is 25.4 Å². The predicted molar refractivity (Wildman–Crippen MR) is 92.2 cm³/mol. The van der Waals surface area contributed by atoms with Crippen molar-refractivity contribution in [3.63, 3.8) is 0 Å². The first kappa shape index (κ1) is 18.1. The molecule has 1 aliphatic heterocycles. The first-order valence-corrected chi connectivity index (χ1v) is 8.69. The molecule has 0 bridgehead atoms. The molecular formula is C18H26ClNO3. The third-order valence-corrected chi connectivity index (χ3v) is 4.55.